The fraction of sp³-hybridized carbons (Fsp3) is 0.0513. The highest BCUT2D eigenvalue weighted by Gasteiger charge is 2.24. The van der Waals surface area contributed by atoms with E-state index in [-0.39, 0.29) is 0 Å². The van der Waals surface area contributed by atoms with Crippen LogP contribution in [0.4, 0.5) is 11.4 Å². The van der Waals surface area contributed by atoms with Crippen LogP contribution in [-0.4, -0.2) is 4.98 Å². The van der Waals surface area contributed by atoms with E-state index in [9.17, 15) is 0 Å². The highest BCUT2D eigenvalue weighted by Crippen LogP contribution is 2.49. The van der Waals surface area contributed by atoms with Gasteiger partial charge in [0.25, 0.3) is 0 Å². The van der Waals surface area contributed by atoms with Crippen molar-refractivity contribution in [1.29, 1.82) is 0 Å². The maximum atomic E-state index is 4.73. The molecule has 0 amide bonds. The smallest absolute Gasteiger partial charge is 0.0936 e. The maximum absolute atomic E-state index is 4.73. The van der Waals surface area contributed by atoms with Crippen LogP contribution in [0.15, 0.2) is 128 Å². The van der Waals surface area contributed by atoms with Crippen molar-refractivity contribution < 1.29 is 0 Å². The Labute approximate surface area is 241 Å². The first-order valence-electron chi connectivity index (χ1n) is 14.3. The van der Waals surface area contributed by atoms with Gasteiger partial charge in [-0.2, -0.15) is 0 Å². The molecule has 6 aromatic rings. The van der Waals surface area contributed by atoms with Gasteiger partial charge in [-0.3, -0.25) is 4.98 Å². The standard InChI is InChI=1S/C37H24N2.C2H6/c1-24-37-26(11-8-22-38-37)19-18-25-9-2-5-17-35(25)39(24)28-12-6-10-27(23-28)29-20-21-34-31-14-4-3-13-30(31)33-16-7-15-32(29)36(33)34;1-2/h2-23H,1H2;1-2H3/b19-18-;. The number of benzene rings is 5. The minimum absolute atomic E-state index is 0.857. The van der Waals surface area contributed by atoms with E-state index in [1.54, 1.807) is 0 Å². The molecule has 2 nitrogen and oxygen atoms in total. The maximum Gasteiger partial charge on any atom is 0.0936 e. The van der Waals surface area contributed by atoms with Crippen LogP contribution in [0.2, 0.25) is 0 Å². The lowest BCUT2D eigenvalue weighted by Crippen LogP contribution is -2.18. The number of hydrogen-bond donors (Lipinski definition) is 0. The van der Waals surface area contributed by atoms with E-state index < -0.39 is 0 Å². The number of aromatic nitrogens is 1. The predicted octanol–water partition coefficient (Wildman–Crippen LogP) is 10.9. The molecule has 1 aliphatic carbocycles. The number of fused-ring (bicyclic) bond motifs is 5. The summed E-state index contributed by atoms with van der Waals surface area (Å²) in [6.07, 6.45) is 6.13. The molecule has 2 heteroatoms. The molecule has 2 heterocycles. The lowest BCUT2D eigenvalue weighted by molar-refractivity contribution is 1.20. The van der Waals surface area contributed by atoms with Crippen molar-refractivity contribution in [2.75, 3.05) is 4.90 Å². The number of hydrogen-bond acceptors (Lipinski definition) is 2. The van der Waals surface area contributed by atoms with Gasteiger partial charge in [0.15, 0.2) is 0 Å². The first-order valence-corrected chi connectivity index (χ1v) is 14.3. The summed E-state index contributed by atoms with van der Waals surface area (Å²) < 4.78 is 0. The molecule has 0 bridgehead atoms. The average Bonchev–Trinajstić information content (AvgIpc) is 3.36. The monoisotopic (exact) mass is 526 g/mol. The average molecular weight is 527 g/mol. The van der Waals surface area contributed by atoms with Gasteiger partial charge in [-0.25, -0.2) is 0 Å². The third-order valence-electron chi connectivity index (χ3n) is 7.97. The molecule has 0 spiro atoms. The number of rotatable bonds is 2. The predicted molar refractivity (Wildman–Crippen MR) is 176 cm³/mol. The van der Waals surface area contributed by atoms with Gasteiger partial charge in [0.2, 0.25) is 0 Å². The summed E-state index contributed by atoms with van der Waals surface area (Å²) in [7, 11) is 0. The fourth-order valence-corrected chi connectivity index (χ4v) is 6.22. The van der Waals surface area contributed by atoms with Crippen LogP contribution in [0.5, 0.6) is 0 Å². The second-order valence-corrected chi connectivity index (χ2v) is 10.1. The normalized spacial score (nSPS) is 13.3. The topological polar surface area (TPSA) is 16.1 Å². The van der Waals surface area contributed by atoms with Crippen molar-refractivity contribution >= 4 is 40.0 Å². The molecule has 0 fully saturated rings. The zero-order chi connectivity index (χ0) is 27.9. The molecule has 0 saturated heterocycles. The van der Waals surface area contributed by atoms with E-state index in [1.165, 1.54) is 44.2 Å². The van der Waals surface area contributed by atoms with Gasteiger partial charge in [0, 0.05) is 17.4 Å². The molecule has 1 aromatic heterocycles. The molecule has 0 saturated carbocycles. The molecule has 5 aromatic carbocycles. The van der Waals surface area contributed by atoms with Crippen LogP contribution in [-0.2, 0) is 0 Å². The highest BCUT2D eigenvalue weighted by molar-refractivity contribution is 6.18. The highest BCUT2D eigenvalue weighted by atomic mass is 15.2. The Balaban J connectivity index is 0.00000135. The quantitative estimate of drug-likeness (QED) is 0.223. The first-order chi connectivity index (χ1) is 20.3. The summed E-state index contributed by atoms with van der Waals surface area (Å²) in [5, 5.41) is 2.62. The van der Waals surface area contributed by atoms with E-state index in [4.69, 9.17) is 4.98 Å². The zero-order valence-electron chi connectivity index (χ0n) is 23.3. The Morgan fingerprint density at radius 1 is 0.585 bits per heavy atom. The number of para-hydroxylation sites is 1. The van der Waals surface area contributed by atoms with Gasteiger partial charge >= 0.3 is 0 Å². The molecule has 0 N–H and O–H groups in total. The van der Waals surface area contributed by atoms with Crippen molar-refractivity contribution in [2.45, 2.75) is 13.8 Å². The molecule has 196 valence electrons. The summed E-state index contributed by atoms with van der Waals surface area (Å²) in [6, 6.07) is 41.3. The molecule has 41 heavy (non-hydrogen) atoms. The second-order valence-electron chi connectivity index (χ2n) is 10.1. The number of nitrogens with zero attached hydrogens (tertiary/aromatic N) is 2. The Morgan fingerprint density at radius 3 is 2.10 bits per heavy atom. The minimum Gasteiger partial charge on any atom is -0.308 e. The molecular formula is C39H30N2. The molecule has 2 aliphatic rings. The van der Waals surface area contributed by atoms with Crippen LogP contribution in [0.3, 0.4) is 0 Å². The fourth-order valence-electron chi connectivity index (χ4n) is 6.22. The number of pyridine rings is 1. The summed E-state index contributed by atoms with van der Waals surface area (Å²) in [5.74, 6) is 0. The van der Waals surface area contributed by atoms with Crippen LogP contribution >= 0.6 is 0 Å². The Morgan fingerprint density at radius 2 is 1.24 bits per heavy atom. The van der Waals surface area contributed by atoms with Crippen molar-refractivity contribution in [3.8, 4) is 33.4 Å². The summed E-state index contributed by atoms with van der Waals surface area (Å²) in [5.41, 5.74) is 13.8. The van der Waals surface area contributed by atoms with Gasteiger partial charge in [-0.15, -0.1) is 0 Å². The van der Waals surface area contributed by atoms with Gasteiger partial charge < -0.3 is 4.90 Å². The first kappa shape index (κ1) is 24.8. The van der Waals surface area contributed by atoms with Crippen LogP contribution in [0.25, 0.3) is 62.0 Å². The SMILES string of the molecule is C=C1c2ncccc2/C=C\c2ccccc2N1c1cccc(-c2ccc3c4c(cccc24)-c2ccccc2-3)c1.CC. The van der Waals surface area contributed by atoms with E-state index in [0.717, 1.165) is 33.9 Å². The van der Waals surface area contributed by atoms with Crippen LogP contribution < -0.4 is 4.90 Å². The van der Waals surface area contributed by atoms with Crippen molar-refractivity contribution in [3.05, 3.63) is 145 Å². The van der Waals surface area contributed by atoms with Crippen molar-refractivity contribution in [1.82, 2.24) is 4.98 Å². The molecule has 8 rings (SSSR count). The molecule has 1 aliphatic heterocycles. The summed E-state index contributed by atoms with van der Waals surface area (Å²) >= 11 is 0. The molecule has 0 radical (unpaired) electrons. The molecule has 0 atom stereocenters. The van der Waals surface area contributed by atoms with Gasteiger partial charge in [-0.1, -0.05) is 124 Å². The van der Waals surface area contributed by atoms with Gasteiger partial charge in [-0.05, 0) is 74.0 Å². The molecule has 0 unspecified atom stereocenters. The van der Waals surface area contributed by atoms with Gasteiger partial charge in [0.05, 0.1) is 17.1 Å². The van der Waals surface area contributed by atoms with E-state index in [2.05, 4.69) is 133 Å². The molecular weight excluding hydrogens is 496 g/mol. The van der Waals surface area contributed by atoms with Crippen molar-refractivity contribution in [3.63, 3.8) is 0 Å². The van der Waals surface area contributed by atoms with E-state index in [1.807, 2.05) is 26.1 Å². The zero-order valence-corrected chi connectivity index (χ0v) is 23.3. The summed E-state index contributed by atoms with van der Waals surface area (Å²) in [6.45, 7) is 8.55. The third-order valence-corrected chi connectivity index (χ3v) is 7.97. The Bertz CT molecular complexity index is 1970. The van der Waals surface area contributed by atoms with E-state index in [0.29, 0.717) is 0 Å². The van der Waals surface area contributed by atoms with E-state index >= 15 is 0 Å². The minimum atomic E-state index is 0.857. The van der Waals surface area contributed by atoms with Gasteiger partial charge in [0.1, 0.15) is 0 Å². The summed E-state index contributed by atoms with van der Waals surface area (Å²) in [4.78, 5) is 6.97. The lowest BCUT2D eigenvalue weighted by Gasteiger charge is -2.30. The van der Waals surface area contributed by atoms with Crippen LogP contribution in [0, 0.1) is 0 Å². The van der Waals surface area contributed by atoms with Crippen molar-refractivity contribution in [2.24, 2.45) is 0 Å². The third kappa shape index (κ3) is 3.91. The Hall–Kier alpha value is -5.21. The largest absolute Gasteiger partial charge is 0.308 e. The van der Waals surface area contributed by atoms with Crippen LogP contribution in [0.1, 0.15) is 30.7 Å². The Kier molecular flexibility index (Phi) is 6.10. The second kappa shape index (κ2) is 10.1. The lowest BCUT2D eigenvalue weighted by atomic mass is 9.94. The number of anilines is 2.